The third-order valence-corrected chi connectivity index (χ3v) is 4.63. The fraction of sp³-hybridized carbons (Fsp3) is 0.286. The highest BCUT2D eigenvalue weighted by molar-refractivity contribution is 9.10. The molecule has 0 atom stereocenters. The van der Waals surface area contributed by atoms with Crippen molar-refractivity contribution < 1.29 is 9.59 Å². The van der Waals surface area contributed by atoms with Gasteiger partial charge in [-0.25, -0.2) is 0 Å². The number of hydrogen-bond acceptors (Lipinski definition) is 4. The summed E-state index contributed by atoms with van der Waals surface area (Å²) < 4.78 is 1.86. The van der Waals surface area contributed by atoms with Crippen molar-refractivity contribution in [2.45, 2.75) is 25.8 Å². The fourth-order valence-corrected chi connectivity index (χ4v) is 3.67. The molecule has 2 amide bonds. The van der Waals surface area contributed by atoms with E-state index in [1.807, 2.05) is 18.2 Å². The lowest BCUT2D eigenvalue weighted by molar-refractivity contribution is -0.119. The Bertz CT molecular complexity index is 724. The summed E-state index contributed by atoms with van der Waals surface area (Å²) in [6.07, 6.45) is 0.0646. The Morgan fingerprint density at radius 1 is 1.38 bits per heavy atom. The van der Waals surface area contributed by atoms with Crippen LogP contribution >= 0.6 is 27.3 Å². The first-order valence-electron chi connectivity index (χ1n) is 6.28. The molecule has 0 fully saturated rings. The molecule has 5 N–H and O–H groups in total. The number of hydrogen-bond donors (Lipinski definition) is 3. The van der Waals surface area contributed by atoms with Crippen LogP contribution in [0, 0.1) is 0 Å². The Balaban J connectivity index is 2.31. The number of nitrogen functional groups attached to an aromatic ring is 1. The van der Waals surface area contributed by atoms with Crippen LogP contribution in [-0.4, -0.2) is 17.4 Å². The van der Waals surface area contributed by atoms with Crippen molar-refractivity contribution >= 4 is 54.9 Å². The van der Waals surface area contributed by atoms with Crippen LogP contribution in [0.1, 0.15) is 29.9 Å². The van der Waals surface area contributed by atoms with Crippen molar-refractivity contribution in [2.24, 2.45) is 5.73 Å². The molecule has 0 aliphatic rings. The van der Waals surface area contributed by atoms with E-state index in [9.17, 15) is 9.59 Å². The average molecular weight is 370 g/mol. The van der Waals surface area contributed by atoms with Gasteiger partial charge in [0.15, 0.2) is 0 Å². The first kappa shape index (κ1) is 15.8. The van der Waals surface area contributed by atoms with E-state index in [4.69, 9.17) is 11.5 Å². The summed E-state index contributed by atoms with van der Waals surface area (Å²) in [6, 6.07) is 5.67. The van der Waals surface area contributed by atoms with E-state index < -0.39 is 11.4 Å². The third-order valence-electron chi connectivity index (χ3n) is 2.96. The second kappa shape index (κ2) is 5.65. The molecule has 0 aliphatic heterocycles. The standard InChI is InChI=1S/C14H16BrN3O2S/c1-14(2,6-10(16)19)18-13(20)12-11(17)8-4-3-7(15)5-9(8)21-12/h3-5H,6,17H2,1-2H3,(H2,16,19)(H,18,20). The number of nitrogens with two attached hydrogens (primary N) is 2. The number of rotatable bonds is 4. The smallest absolute Gasteiger partial charge is 0.263 e. The van der Waals surface area contributed by atoms with Gasteiger partial charge in [0.25, 0.3) is 5.91 Å². The van der Waals surface area contributed by atoms with E-state index in [1.165, 1.54) is 11.3 Å². The molecule has 0 aliphatic carbocycles. The highest BCUT2D eigenvalue weighted by Gasteiger charge is 2.26. The Morgan fingerprint density at radius 2 is 2.05 bits per heavy atom. The van der Waals surface area contributed by atoms with Gasteiger partial charge in [0.2, 0.25) is 5.91 Å². The summed E-state index contributed by atoms with van der Waals surface area (Å²) in [5.41, 5.74) is 11.0. The molecule has 0 saturated carbocycles. The van der Waals surface area contributed by atoms with Gasteiger partial charge < -0.3 is 16.8 Å². The molecule has 0 bridgehead atoms. The SMILES string of the molecule is CC(C)(CC(N)=O)NC(=O)c1sc2cc(Br)ccc2c1N. The molecule has 7 heteroatoms. The van der Waals surface area contributed by atoms with Crippen LogP contribution in [0.15, 0.2) is 22.7 Å². The first-order valence-corrected chi connectivity index (χ1v) is 7.89. The highest BCUT2D eigenvalue weighted by atomic mass is 79.9. The van der Waals surface area contributed by atoms with Crippen LogP contribution in [0.25, 0.3) is 10.1 Å². The summed E-state index contributed by atoms with van der Waals surface area (Å²) >= 11 is 4.72. The van der Waals surface area contributed by atoms with Crippen molar-refractivity contribution in [1.29, 1.82) is 0 Å². The van der Waals surface area contributed by atoms with Gasteiger partial charge in [-0.1, -0.05) is 22.0 Å². The summed E-state index contributed by atoms with van der Waals surface area (Å²) in [5.74, 6) is -0.760. The summed E-state index contributed by atoms with van der Waals surface area (Å²) in [6.45, 7) is 3.49. The molecule has 1 aromatic heterocycles. The van der Waals surface area contributed by atoms with Gasteiger partial charge in [-0.05, 0) is 26.0 Å². The number of halogens is 1. The molecule has 0 unspecified atom stereocenters. The highest BCUT2D eigenvalue weighted by Crippen LogP contribution is 2.35. The zero-order valence-corrected chi connectivity index (χ0v) is 14.1. The van der Waals surface area contributed by atoms with Crippen molar-refractivity contribution in [1.82, 2.24) is 5.32 Å². The van der Waals surface area contributed by atoms with Gasteiger partial charge in [0.05, 0.1) is 5.69 Å². The third kappa shape index (κ3) is 3.54. The number of fused-ring (bicyclic) bond motifs is 1. The van der Waals surface area contributed by atoms with E-state index in [0.29, 0.717) is 10.6 Å². The van der Waals surface area contributed by atoms with Gasteiger partial charge in [-0.15, -0.1) is 11.3 Å². The molecule has 112 valence electrons. The van der Waals surface area contributed by atoms with Crippen LogP contribution in [0.5, 0.6) is 0 Å². The number of anilines is 1. The van der Waals surface area contributed by atoms with E-state index in [-0.39, 0.29) is 12.3 Å². The van der Waals surface area contributed by atoms with Crippen molar-refractivity contribution in [3.8, 4) is 0 Å². The van der Waals surface area contributed by atoms with E-state index in [0.717, 1.165) is 14.6 Å². The molecule has 0 spiro atoms. The lowest BCUT2D eigenvalue weighted by Gasteiger charge is -2.24. The van der Waals surface area contributed by atoms with Crippen LogP contribution in [0.2, 0.25) is 0 Å². The number of primary amides is 1. The van der Waals surface area contributed by atoms with Crippen molar-refractivity contribution in [3.05, 3.63) is 27.5 Å². The van der Waals surface area contributed by atoms with E-state index in [1.54, 1.807) is 13.8 Å². The molecule has 5 nitrogen and oxygen atoms in total. The van der Waals surface area contributed by atoms with E-state index in [2.05, 4.69) is 21.2 Å². The minimum Gasteiger partial charge on any atom is -0.397 e. The van der Waals surface area contributed by atoms with Gasteiger partial charge in [0, 0.05) is 26.5 Å². The van der Waals surface area contributed by atoms with E-state index >= 15 is 0 Å². The first-order chi connectivity index (χ1) is 9.69. The Morgan fingerprint density at radius 3 is 2.67 bits per heavy atom. The quantitative estimate of drug-likeness (QED) is 0.772. The van der Waals surface area contributed by atoms with Crippen LogP contribution in [0.4, 0.5) is 5.69 Å². The lowest BCUT2D eigenvalue weighted by atomic mass is 10.00. The minimum atomic E-state index is -0.716. The van der Waals surface area contributed by atoms with Gasteiger partial charge >= 0.3 is 0 Å². The second-order valence-electron chi connectivity index (χ2n) is 5.47. The predicted octanol–water partition coefficient (Wildman–Crippen LogP) is 2.63. The molecular formula is C14H16BrN3O2S. The van der Waals surface area contributed by atoms with Gasteiger partial charge in [-0.2, -0.15) is 0 Å². The second-order valence-corrected chi connectivity index (χ2v) is 7.43. The number of amides is 2. The molecule has 21 heavy (non-hydrogen) atoms. The van der Waals surface area contributed by atoms with Crippen molar-refractivity contribution in [2.75, 3.05) is 5.73 Å². The topological polar surface area (TPSA) is 98.2 Å². The number of carbonyl (C=O) groups excluding carboxylic acids is 2. The molecular weight excluding hydrogens is 354 g/mol. The number of benzene rings is 1. The predicted molar refractivity (Wildman–Crippen MR) is 89.3 cm³/mol. The van der Waals surface area contributed by atoms with Crippen LogP contribution < -0.4 is 16.8 Å². The Kier molecular flexibility index (Phi) is 4.25. The molecule has 1 aromatic carbocycles. The molecule has 1 heterocycles. The Hall–Kier alpha value is -1.60. The molecule has 2 aromatic rings. The largest absolute Gasteiger partial charge is 0.397 e. The maximum atomic E-state index is 12.4. The normalized spacial score (nSPS) is 11.6. The number of nitrogens with one attached hydrogen (secondary N) is 1. The number of carbonyl (C=O) groups is 2. The zero-order chi connectivity index (χ0) is 15.8. The minimum absolute atomic E-state index is 0.0646. The van der Waals surface area contributed by atoms with Gasteiger partial charge in [-0.3, -0.25) is 9.59 Å². The summed E-state index contributed by atoms with van der Waals surface area (Å²) in [4.78, 5) is 23.8. The molecule has 0 radical (unpaired) electrons. The molecule has 0 saturated heterocycles. The van der Waals surface area contributed by atoms with Gasteiger partial charge in [0.1, 0.15) is 4.88 Å². The monoisotopic (exact) mass is 369 g/mol. The summed E-state index contributed by atoms with van der Waals surface area (Å²) in [5, 5.41) is 3.65. The summed E-state index contributed by atoms with van der Waals surface area (Å²) in [7, 11) is 0. The zero-order valence-electron chi connectivity index (χ0n) is 11.7. The van der Waals surface area contributed by atoms with Crippen LogP contribution in [-0.2, 0) is 4.79 Å². The lowest BCUT2D eigenvalue weighted by Crippen LogP contribution is -2.45. The average Bonchev–Trinajstić information content (AvgIpc) is 2.63. The number of thiophene rings is 1. The van der Waals surface area contributed by atoms with Crippen LogP contribution in [0.3, 0.4) is 0 Å². The maximum Gasteiger partial charge on any atom is 0.263 e. The Labute approximate surface area is 134 Å². The fourth-order valence-electron chi connectivity index (χ4n) is 2.10. The molecule has 2 rings (SSSR count). The van der Waals surface area contributed by atoms with Crippen molar-refractivity contribution in [3.63, 3.8) is 0 Å². The maximum absolute atomic E-state index is 12.4.